The van der Waals surface area contributed by atoms with E-state index in [1.807, 2.05) is 45.0 Å². The molecule has 0 heterocycles. The van der Waals surface area contributed by atoms with Crippen molar-refractivity contribution >= 4 is 33.2 Å². The molecular weight excluding hydrogens is 532 g/mol. The Balaban J connectivity index is 1.65. The van der Waals surface area contributed by atoms with Gasteiger partial charge in [-0.1, -0.05) is 65.7 Å². The first-order valence-electron chi connectivity index (χ1n) is 12.6. The van der Waals surface area contributed by atoms with Crippen LogP contribution in [0.15, 0.2) is 102 Å². The van der Waals surface area contributed by atoms with E-state index in [-0.39, 0.29) is 41.2 Å². The molecule has 0 fully saturated rings. The van der Waals surface area contributed by atoms with E-state index in [1.165, 1.54) is 4.31 Å². The molecule has 202 valence electrons. The Kier molecular flexibility index (Phi) is 8.94. The summed E-state index contributed by atoms with van der Waals surface area (Å²) in [6, 6.07) is 27.8. The van der Waals surface area contributed by atoms with Crippen LogP contribution in [0.5, 0.6) is 5.75 Å². The molecular formula is C31H31ClN2O4S. The van der Waals surface area contributed by atoms with Gasteiger partial charge in [0.1, 0.15) is 5.75 Å². The van der Waals surface area contributed by atoms with Crippen LogP contribution in [0.2, 0.25) is 5.02 Å². The van der Waals surface area contributed by atoms with Crippen LogP contribution in [0, 0.1) is 6.92 Å². The minimum Gasteiger partial charge on any atom is -0.491 e. The molecule has 6 nitrogen and oxygen atoms in total. The molecule has 1 N–H and O–H groups in total. The third kappa shape index (κ3) is 7.19. The number of ether oxygens (including phenoxy) is 1. The maximum Gasteiger partial charge on any atom is 0.264 e. The molecule has 0 unspecified atom stereocenters. The quantitative estimate of drug-likeness (QED) is 0.232. The molecule has 0 saturated carbocycles. The smallest absolute Gasteiger partial charge is 0.264 e. The number of benzene rings is 4. The molecule has 0 aromatic heterocycles. The zero-order chi connectivity index (χ0) is 28.0. The minimum absolute atomic E-state index is 0.0228. The third-order valence-electron chi connectivity index (χ3n) is 6.01. The molecule has 0 atom stereocenters. The van der Waals surface area contributed by atoms with Gasteiger partial charge in [0.05, 0.1) is 28.8 Å². The molecule has 8 heteroatoms. The highest BCUT2D eigenvalue weighted by atomic mass is 35.5. The van der Waals surface area contributed by atoms with Crippen molar-refractivity contribution < 1.29 is 17.9 Å². The molecule has 0 bridgehead atoms. The van der Waals surface area contributed by atoms with E-state index in [2.05, 4.69) is 5.32 Å². The maximum atomic E-state index is 13.9. The van der Waals surface area contributed by atoms with Gasteiger partial charge in [0.2, 0.25) is 0 Å². The van der Waals surface area contributed by atoms with E-state index in [0.717, 1.165) is 22.4 Å². The van der Waals surface area contributed by atoms with Crippen LogP contribution in [0.1, 0.15) is 40.9 Å². The molecule has 4 aromatic rings. The first kappa shape index (κ1) is 28.2. The third-order valence-corrected chi connectivity index (χ3v) is 8.04. The number of sulfonamides is 1. The van der Waals surface area contributed by atoms with Gasteiger partial charge in [0.25, 0.3) is 15.9 Å². The number of nitrogens with zero attached hydrogens (tertiary/aromatic N) is 1. The topological polar surface area (TPSA) is 75.7 Å². The predicted octanol–water partition coefficient (Wildman–Crippen LogP) is 6.76. The summed E-state index contributed by atoms with van der Waals surface area (Å²) in [6.07, 6.45) is 0.0686. The number of hydrogen-bond acceptors (Lipinski definition) is 4. The van der Waals surface area contributed by atoms with Crippen molar-refractivity contribution in [2.24, 2.45) is 0 Å². The summed E-state index contributed by atoms with van der Waals surface area (Å²) in [5.74, 6) is 0.373. The largest absolute Gasteiger partial charge is 0.491 e. The second kappa shape index (κ2) is 12.4. The number of nitrogens with one attached hydrogen (secondary N) is 1. The lowest BCUT2D eigenvalue weighted by Crippen LogP contribution is -2.33. The lowest BCUT2D eigenvalue weighted by Gasteiger charge is -2.27. The standard InChI is InChI=1S/C31H31ClN2O4S/c1-22(2)38-27-16-12-24(13-17-27)20-33-31(35)29-6-4-5-7-30(29)34(21-25-10-14-26(32)15-11-25)39(36,37)28-18-8-23(3)9-19-28/h4-19,22H,20-21H2,1-3H3,(H,33,35). The Morgan fingerprint density at radius 2 is 1.49 bits per heavy atom. The van der Waals surface area contributed by atoms with Gasteiger partial charge in [-0.2, -0.15) is 0 Å². The van der Waals surface area contributed by atoms with Crippen molar-refractivity contribution in [3.63, 3.8) is 0 Å². The molecule has 0 aliphatic carbocycles. The number of amides is 1. The molecule has 0 aliphatic heterocycles. The van der Waals surface area contributed by atoms with Gasteiger partial charge in [-0.25, -0.2) is 8.42 Å². The highest BCUT2D eigenvalue weighted by Gasteiger charge is 2.28. The lowest BCUT2D eigenvalue weighted by atomic mass is 10.1. The zero-order valence-corrected chi connectivity index (χ0v) is 23.7. The zero-order valence-electron chi connectivity index (χ0n) is 22.1. The summed E-state index contributed by atoms with van der Waals surface area (Å²) >= 11 is 6.06. The number of aryl methyl sites for hydroxylation is 1. The van der Waals surface area contributed by atoms with Crippen LogP contribution in [0.3, 0.4) is 0 Å². The fourth-order valence-electron chi connectivity index (χ4n) is 4.01. The number of rotatable bonds is 10. The molecule has 0 aliphatic rings. The van der Waals surface area contributed by atoms with Crippen molar-refractivity contribution in [2.75, 3.05) is 4.31 Å². The van der Waals surface area contributed by atoms with Gasteiger partial charge in [-0.3, -0.25) is 9.10 Å². The lowest BCUT2D eigenvalue weighted by molar-refractivity contribution is 0.0951. The highest BCUT2D eigenvalue weighted by molar-refractivity contribution is 7.92. The van der Waals surface area contributed by atoms with E-state index in [0.29, 0.717) is 5.02 Å². The van der Waals surface area contributed by atoms with E-state index >= 15 is 0 Å². The summed E-state index contributed by atoms with van der Waals surface area (Å²) < 4.78 is 34.8. The summed E-state index contributed by atoms with van der Waals surface area (Å²) in [4.78, 5) is 13.5. The van der Waals surface area contributed by atoms with Crippen LogP contribution in [-0.2, 0) is 23.1 Å². The normalized spacial score (nSPS) is 11.3. The summed E-state index contributed by atoms with van der Waals surface area (Å²) in [5.41, 5.74) is 3.10. The monoisotopic (exact) mass is 562 g/mol. The number of carbonyl (C=O) groups is 1. The van der Waals surface area contributed by atoms with Crippen LogP contribution < -0.4 is 14.4 Å². The van der Waals surface area contributed by atoms with Gasteiger partial charge in [0.15, 0.2) is 0 Å². The molecule has 0 spiro atoms. The molecule has 4 rings (SSSR count). The Morgan fingerprint density at radius 3 is 2.13 bits per heavy atom. The second-order valence-electron chi connectivity index (χ2n) is 9.46. The fraction of sp³-hybridized carbons (Fsp3) is 0.194. The van der Waals surface area contributed by atoms with E-state index in [9.17, 15) is 13.2 Å². The summed E-state index contributed by atoms with van der Waals surface area (Å²) in [6.45, 7) is 6.11. The van der Waals surface area contributed by atoms with Gasteiger partial charge in [0, 0.05) is 11.6 Å². The fourth-order valence-corrected chi connectivity index (χ4v) is 5.61. The molecule has 1 amide bonds. The summed E-state index contributed by atoms with van der Waals surface area (Å²) in [5, 5.41) is 3.47. The van der Waals surface area contributed by atoms with Crippen LogP contribution in [0.4, 0.5) is 5.69 Å². The van der Waals surface area contributed by atoms with E-state index in [1.54, 1.807) is 72.8 Å². The van der Waals surface area contributed by atoms with Crippen molar-refractivity contribution in [1.82, 2.24) is 5.32 Å². The molecule has 4 aromatic carbocycles. The number of halogens is 1. The first-order valence-corrected chi connectivity index (χ1v) is 14.4. The van der Waals surface area contributed by atoms with Gasteiger partial charge >= 0.3 is 0 Å². The number of para-hydroxylation sites is 1. The Labute approximate surface area is 235 Å². The minimum atomic E-state index is -4.01. The van der Waals surface area contributed by atoms with Crippen LogP contribution in [0.25, 0.3) is 0 Å². The number of anilines is 1. The van der Waals surface area contributed by atoms with Crippen molar-refractivity contribution in [2.45, 2.75) is 44.9 Å². The number of carbonyl (C=O) groups excluding carboxylic acids is 1. The predicted molar refractivity (Wildman–Crippen MR) is 156 cm³/mol. The molecule has 0 saturated heterocycles. The molecule has 0 radical (unpaired) electrons. The summed E-state index contributed by atoms with van der Waals surface area (Å²) in [7, 11) is -4.01. The maximum absolute atomic E-state index is 13.9. The van der Waals surface area contributed by atoms with Gasteiger partial charge in [-0.15, -0.1) is 0 Å². The Bertz CT molecular complexity index is 1520. The second-order valence-corrected chi connectivity index (χ2v) is 11.8. The van der Waals surface area contributed by atoms with Crippen molar-refractivity contribution in [1.29, 1.82) is 0 Å². The van der Waals surface area contributed by atoms with E-state index in [4.69, 9.17) is 16.3 Å². The highest BCUT2D eigenvalue weighted by Crippen LogP contribution is 2.30. The average molecular weight is 563 g/mol. The Morgan fingerprint density at radius 1 is 0.872 bits per heavy atom. The van der Waals surface area contributed by atoms with Gasteiger partial charge in [-0.05, 0) is 80.4 Å². The van der Waals surface area contributed by atoms with Crippen LogP contribution >= 0.6 is 11.6 Å². The van der Waals surface area contributed by atoms with E-state index < -0.39 is 10.0 Å². The van der Waals surface area contributed by atoms with Crippen molar-refractivity contribution in [3.8, 4) is 5.75 Å². The number of hydrogen-bond donors (Lipinski definition) is 1. The van der Waals surface area contributed by atoms with Crippen molar-refractivity contribution in [3.05, 3.63) is 124 Å². The molecule has 39 heavy (non-hydrogen) atoms. The van der Waals surface area contributed by atoms with Crippen LogP contribution in [-0.4, -0.2) is 20.4 Å². The average Bonchev–Trinajstić information content (AvgIpc) is 2.92. The van der Waals surface area contributed by atoms with Gasteiger partial charge < -0.3 is 10.1 Å². The Hall–Kier alpha value is -3.81. The SMILES string of the molecule is Cc1ccc(S(=O)(=O)N(Cc2ccc(Cl)cc2)c2ccccc2C(=O)NCc2ccc(OC(C)C)cc2)cc1. The first-order chi connectivity index (χ1) is 18.6.